The molecular formula is C67H75Cl4N5O6Ru2-2. The van der Waals surface area contributed by atoms with E-state index in [4.69, 9.17) is 48.2 Å². The number of nitro groups is 2. The molecule has 3 heterocycles. The number of benzene rings is 6. The number of hydrogen-bond acceptors (Lipinski definition) is 9. The van der Waals surface area contributed by atoms with Crippen LogP contribution in [0.3, 0.4) is 0 Å². The number of aromatic nitrogens is 1. The molecule has 0 unspecified atom stereocenters. The molecule has 17 heteroatoms. The molecule has 11 nitrogen and oxygen atoms in total. The van der Waals surface area contributed by atoms with Crippen molar-refractivity contribution in [3.63, 3.8) is 0 Å². The summed E-state index contributed by atoms with van der Waals surface area (Å²) in [7, 11) is 24.0. The fourth-order valence-corrected chi connectivity index (χ4v) is 13.9. The predicted octanol–water partition coefficient (Wildman–Crippen LogP) is 18.9. The van der Waals surface area contributed by atoms with E-state index in [-0.39, 0.29) is 23.6 Å². The van der Waals surface area contributed by atoms with Gasteiger partial charge in [0.25, 0.3) is 5.69 Å². The number of ether oxygens (including phenoxy) is 2. The summed E-state index contributed by atoms with van der Waals surface area (Å²) in [6.45, 7) is 31.2. The Morgan fingerprint density at radius 3 is 1.39 bits per heavy atom. The number of rotatable bonds is 11. The molecule has 0 bridgehead atoms. The molecule has 0 N–H and O–H groups in total. The van der Waals surface area contributed by atoms with Crippen LogP contribution in [-0.4, -0.2) is 48.8 Å². The van der Waals surface area contributed by atoms with Gasteiger partial charge >= 0.3 is 232 Å². The largest absolute Gasteiger partial charge is 0.265 e. The van der Waals surface area contributed by atoms with E-state index >= 15 is 0 Å². The zero-order valence-electron chi connectivity index (χ0n) is 49.3. The molecule has 2 aliphatic heterocycles. The third-order valence-electron chi connectivity index (χ3n) is 12.8. The Morgan fingerprint density at radius 1 is 0.595 bits per heavy atom. The maximum absolute atomic E-state index is 10.7. The maximum Gasteiger partial charge on any atom is 0.0267 e. The maximum atomic E-state index is 10.7. The van der Waals surface area contributed by atoms with Crippen LogP contribution in [0.15, 0.2) is 159 Å². The van der Waals surface area contributed by atoms with E-state index in [0.717, 1.165) is 9.67 Å². The van der Waals surface area contributed by atoms with Gasteiger partial charge in [-0.25, -0.2) is 13.1 Å². The minimum absolute atomic E-state index is 0.0132. The number of nitro benzene ring substituents is 2. The summed E-state index contributed by atoms with van der Waals surface area (Å²) in [6.07, 6.45) is 12.2. The van der Waals surface area contributed by atoms with Gasteiger partial charge in [0.05, 0.1) is 17.1 Å². The Kier molecular flexibility index (Phi) is 28.6. The average molecular weight is 1390 g/mol. The first-order valence-electron chi connectivity index (χ1n) is 27.4. The normalized spacial score (nSPS) is 13.1. The van der Waals surface area contributed by atoms with Crippen LogP contribution >= 0.6 is 38.8 Å². The number of allylic oxidation sites excluding steroid dienone is 1. The smallest absolute Gasteiger partial charge is 0.0267 e. The Bertz CT molecular complexity index is 3270. The Hall–Kier alpha value is -5.90. The van der Waals surface area contributed by atoms with Gasteiger partial charge < -0.3 is 14.5 Å². The number of non-ortho nitro benzene ring substituents is 2. The number of hydrogen-bond donors (Lipinski definition) is 0. The zero-order valence-corrected chi connectivity index (χ0v) is 55.8. The fraction of sp³-hybridized carbons (Fsp3) is 0.269. The quantitative estimate of drug-likeness (QED) is 0.0539. The minimum Gasteiger partial charge on any atom is -0.265 e. The van der Waals surface area contributed by atoms with Gasteiger partial charge in [0.2, 0.25) is 0 Å². The zero-order chi connectivity index (χ0) is 61.5. The first-order valence-corrected chi connectivity index (χ1v) is 38.2. The van der Waals surface area contributed by atoms with E-state index in [1.807, 2.05) is 70.2 Å². The van der Waals surface area contributed by atoms with Crippen molar-refractivity contribution in [2.24, 2.45) is 0 Å². The monoisotopic (exact) mass is 1390 g/mol. The number of fused-ring (bicyclic) bond motifs is 1. The molecule has 0 spiro atoms. The SMILES string of the molecule is C=Cc1ccc([N+](=O)[O-])cc1OC(C)C.CC(C)Oc1cc([N+](=O)[O-])ccc1[CH]=[Ru]([Cl])[Cl].Cc1cc(C)c(N2[CH-]CCC2)c(C)c1.Cc1cc(C)c(N2[CH-]CCC2)c(C)c1.[Cl][Ru]([Cl])=[C]1C=C(c2ccccc2)c2ccccc21.c1ccncc1. The molecule has 0 atom stereocenters. The second-order valence-corrected chi connectivity index (χ2v) is 31.9. The van der Waals surface area contributed by atoms with Crippen LogP contribution in [0.25, 0.3) is 11.6 Å². The molecule has 7 aromatic rings. The Labute approximate surface area is 523 Å². The summed E-state index contributed by atoms with van der Waals surface area (Å²) in [4.78, 5) is 28.9. The van der Waals surface area contributed by atoms with Crippen LogP contribution in [0.1, 0.15) is 115 Å². The summed E-state index contributed by atoms with van der Waals surface area (Å²) in [6, 6.07) is 42.3. The summed E-state index contributed by atoms with van der Waals surface area (Å²) < 4.78 is 13.8. The average Bonchev–Trinajstić information content (AvgIpc) is 3.22. The Balaban J connectivity index is 0.000000188. The third-order valence-corrected chi connectivity index (χ3v) is 17.8. The third kappa shape index (κ3) is 21.6. The van der Waals surface area contributed by atoms with Crippen LogP contribution in [0.4, 0.5) is 22.7 Å². The molecule has 0 amide bonds. The van der Waals surface area contributed by atoms with Gasteiger partial charge in [-0.1, -0.05) is 67.0 Å². The van der Waals surface area contributed by atoms with Gasteiger partial charge in [-0.3, -0.25) is 15.1 Å². The molecule has 0 saturated carbocycles. The molecule has 2 fully saturated rings. The molecule has 10 rings (SSSR count). The van der Waals surface area contributed by atoms with Gasteiger partial charge in [0.15, 0.2) is 0 Å². The summed E-state index contributed by atoms with van der Waals surface area (Å²) in [5, 5.41) is 21.2. The van der Waals surface area contributed by atoms with Crippen molar-refractivity contribution < 1.29 is 46.4 Å². The molecule has 84 heavy (non-hydrogen) atoms. The minimum atomic E-state index is -1.98. The molecule has 1 aliphatic carbocycles. The van der Waals surface area contributed by atoms with Crippen molar-refractivity contribution in [3.8, 4) is 11.5 Å². The molecule has 3 aliphatic rings. The van der Waals surface area contributed by atoms with Crippen molar-refractivity contribution in [3.05, 3.63) is 253 Å². The fourth-order valence-electron chi connectivity index (χ4n) is 9.66. The molecular weight excluding hydrogens is 1310 g/mol. The first kappa shape index (κ1) is 68.9. The Morgan fingerprint density at radius 2 is 1.02 bits per heavy atom. The molecule has 450 valence electrons. The van der Waals surface area contributed by atoms with Gasteiger partial charge in [-0.05, 0) is 109 Å². The summed E-state index contributed by atoms with van der Waals surface area (Å²) in [5.41, 5.74) is 17.5. The number of nitrogens with zero attached hydrogens (tertiary/aromatic N) is 5. The van der Waals surface area contributed by atoms with E-state index in [9.17, 15) is 20.2 Å². The summed E-state index contributed by atoms with van der Waals surface area (Å²) in [5.74, 6) is 0.934. The van der Waals surface area contributed by atoms with E-state index in [1.165, 1.54) is 130 Å². The van der Waals surface area contributed by atoms with Crippen LogP contribution in [0.2, 0.25) is 0 Å². The van der Waals surface area contributed by atoms with Crippen LogP contribution in [0, 0.1) is 74.9 Å². The van der Waals surface area contributed by atoms with Crippen molar-refractivity contribution in [1.29, 1.82) is 0 Å². The van der Waals surface area contributed by atoms with Crippen molar-refractivity contribution in [2.75, 3.05) is 22.9 Å². The van der Waals surface area contributed by atoms with E-state index in [2.05, 4.69) is 137 Å². The topological polar surface area (TPSA) is 124 Å². The second kappa shape index (κ2) is 34.9. The van der Waals surface area contributed by atoms with Crippen molar-refractivity contribution in [2.45, 2.75) is 107 Å². The number of halogens is 4. The number of pyridine rings is 1. The van der Waals surface area contributed by atoms with Crippen LogP contribution in [-0.2, 0) is 27.0 Å². The van der Waals surface area contributed by atoms with Crippen molar-refractivity contribution >= 4 is 81.9 Å². The van der Waals surface area contributed by atoms with E-state index in [0.29, 0.717) is 17.1 Å². The van der Waals surface area contributed by atoms with Gasteiger partial charge in [0.1, 0.15) is 5.75 Å². The molecule has 6 aromatic carbocycles. The van der Waals surface area contributed by atoms with Gasteiger partial charge in [0, 0.05) is 35.4 Å². The standard InChI is InChI=1S/C15H10.2C13H18N.C11H13NO3.C10H11NO3.C5H5N.4ClH.2Ru/c1-2-6-12(7-3-1)15-11-10-13-8-4-5-9-14(13)15;2*1-10-8-11(2)13(12(3)9-10)14-6-4-5-7-14;1-4-9-5-6-10(12(13)14)7-11(9)15-8(2)3;1-7(2)14-10-6-9(11(12)13)5-4-8(10)3;1-2-4-6-5-3-1;;;;;;/h1-9,11H;2*6,8-9H,4-5,7H2,1-3H3;4-8H,1H2,2-3H3;3-7H,1-2H3;1-5H;4*1H;;/q;2*-1;;;;;;;;2*+2/p-4. The molecule has 0 radical (unpaired) electrons. The number of anilines is 2. The first-order chi connectivity index (χ1) is 40.1. The van der Waals surface area contributed by atoms with Crippen molar-refractivity contribution in [1.82, 2.24) is 4.98 Å². The van der Waals surface area contributed by atoms with E-state index < -0.39 is 36.9 Å². The number of aryl methyl sites for hydroxylation is 6. The van der Waals surface area contributed by atoms with Gasteiger partial charge in [-0.2, -0.15) is 12.8 Å². The van der Waals surface area contributed by atoms with Crippen LogP contribution in [0.5, 0.6) is 11.5 Å². The second-order valence-electron chi connectivity index (χ2n) is 20.3. The van der Waals surface area contributed by atoms with E-state index in [1.54, 1.807) is 35.2 Å². The molecule has 2 saturated heterocycles. The van der Waals surface area contributed by atoms with Gasteiger partial charge in [-0.15, -0.1) is 0 Å². The predicted molar refractivity (Wildman–Crippen MR) is 348 cm³/mol. The summed E-state index contributed by atoms with van der Waals surface area (Å²) >= 11 is -3.86. The molecule has 1 aromatic heterocycles. The van der Waals surface area contributed by atoms with Crippen LogP contribution < -0.4 is 19.3 Å².